The van der Waals surface area contributed by atoms with Gasteiger partial charge in [0.25, 0.3) is 0 Å². The summed E-state index contributed by atoms with van der Waals surface area (Å²) in [5, 5.41) is 3.36. The number of hydrogen-bond donors (Lipinski definition) is 1. The van der Waals surface area contributed by atoms with Gasteiger partial charge in [0.05, 0.1) is 6.54 Å². The van der Waals surface area contributed by atoms with Crippen molar-refractivity contribution in [2.24, 2.45) is 0 Å². The highest BCUT2D eigenvalue weighted by atomic mass is 16.2. The molecule has 0 spiro atoms. The van der Waals surface area contributed by atoms with Gasteiger partial charge in [0.15, 0.2) is 0 Å². The van der Waals surface area contributed by atoms with Crippen LogP contribution in [0.5, 0.6) is 0 Å². The minimum absolute atomic E-state index is 0.0420. The van der Waals surface area contributed by atoms with Crippen molar-refractivity contribution in [1.29, 1.82) is 0 Å². The Morgan fingerprint density at radius 2 is 2.10 bits per heavy atom. The molecular formula is C17H26N2O. The molecule has 0 saturated carbocycles. The Morgan fingerprint density at radius 1 is 1.35 bits per heavy atom. The fourth-order valence-corrected chi connectivity index (χ4v) is 3.00. The Kier molecular flexibility index (Phi) is 5.18. The van der Waals surface area contributed by atoms with E-state index in [1.165, 1.54) is 30.4 Å². The van der Waals surface area contributed by atoms with Crippen LogP contribution in [0, 0.1) is 6.92 Å². The molecule has 1 aliphatic rings. The minimum Gasteiger partial charge on any atom is -0.319 e. The molecule has 2 unspecified atom stereocenters. The van der Waals surface area contributed by atoms with E-state index >= 15 is 0 Å². The maximum Gasteiger partial charge on any atom is 0.238 e. The predicted octanol–water partition coefficient (Wildman–Crippen LogP) is 3.39. The smallest absolute Gasteiger partial charge is 0.238 e. The summed E-state index contributed by atoms with van der Waals surface area (Å²) < 4.78 is 0. The Bertz CT molecular complexity index is 458. The van der Waals surface area contributed by atoms with Crippen LogP contribution in [0.15, 0.2) is 24.3 Å². The van der Waals surface area contributed by atoms with Crippen molar-refractivity contribution in [1.82, 2.24) is 10.2 Å². The van der Waals surface area contributed by atoms with Gasteiger partial charge in [-0.3, -0.25) is 10.1 Å². The lowest BCUT2D eigenvalue weighted by Crippen LogP contribution is -2.38. The summed E-state index contributed by atoms with van der Waals surface area (Å²) in [6.07, 6.45) is 4.79. The maximum absolute atomic E-state index is 12.2. The molecule has 1 N–H and O–H groups in total. The summed E-state index contributed by atoms with van der Waals surface area (Å²) in [6.45, 7) is 6.95. The van der Waals surface area contributed by atoms with Crippen molar-refractivity contribution in [2.75, 3.05) is 6.54 Å². The van der Waals surface area contributed by atoms with Crippen molar-refractivity contribution >= 4 is 5.91 Å². The quantitative estimate of drug-likeness (QED) is 0.806. The monoisotopic (exact) mass is 274 g/mol. The molecule has 110 valence electrons. The van der Waals surface area contributed by atoms with Gasteiger partial charge in [-0.05, 0) is 31.4 Å². The molecule has 3 heteroatoms. The molecule has 0 radical (unpaired) electrons. The molecule has 1 aliphatic heterocycles. The van der Waals surface area contributed by atoms with E-state index in [9.17, 15) is 4.79 Å². The van der Waals surface area contributed by atoms with Crippen molar-refractivity contribution in [2.45, 2.75) is 58.7 Å². The molecule has 1 amide bonds. The number of nitrogens with zero attached hydrogens (tertiary/aromatic N) is 1. The molecule has 1 aromatic rings. The summed E-state index contributed by atoms with van der Waals surface area (Å²) in [7, 11) is 0. The van der Waals surface area contributed by atoms with Gasteiger partial charge in [-0.15, -0.1) is 0 Å². The molecule has 1 fully saturated rings. The fraction of sp³-hybridized carbons (Fsp3) is 0.588. The van der Waals surface area contributed by atoms with Crippen LogP contribution < -0.4 is 5.32 Å². The zero-order valence-electron chi connectivity index (χ0n) is 12.9. The average Bonchev–Trinajstić information content (AvgIpc) is 2.81. The Morgan fingerprint density at radius 3 is 2.80 bits per heavy atom. The van der Waals surface area contributed by atoms with Crippen LogP contribution in [0.1, 0.15) is 56.8 Å². The summed E-state index contributed by atoms with van der Waals surface area (Å²) in [4.78, 5) is 14.2. The Balaban J connectivity index is 2.12. The molecule has 1 heterocycles. The van der Waals surface area contributed by atoms with Crippen LogP contribution in [0.4, 0.5) is 0 Å². The van der Waals surface area contributed by atoms with Crippen LogP contribution in [-0.4, -0.2) is 23.4 Å². The zero-order valence-corrected chi connectivity index (χ0v) is 12.9. The van der Waals surface area contributed by atoms with Crippen LogP contribution in [-0.2, 0) is 4.79 Å². The van der Waals surface area contributed by atoms with Gasteiger partial charge in [0.2, 0.25) is 5.91 Å². The van der Waals surface area contributed by atoms with Gasteiger partial charge < -0.3 is 4.90 Å². The molecule has 20 heavy (non-hydrogen) atoms. The second-order valence-electron chi connectivity index (χ2n) is 5.79. The SMILES string of the molecule is CCCCCC(C)N1C(=O)CNC1c1ccccc1C. The number of nitrogens with one attached hydrogen (secondary N) is 1. The van der Waals surface area contributed by atoms with E-state index < -0.39 is 0 Å². The molecule has 0 aliphatic carbocycles. The summed E-state index contributed by atoms with van der Waals surface area (Å²) in [5.74, 6) is 0.224. The Labute approximate surface area is 122 Å². The number of carbonyl (C=O) groups is 1. The second kappa shape index (κ2) is 6.89. The third-order valence-electron chi connectivity index (χ3n) is 4.20. The first kappa shape index (κ1) is 15.0. The van der Waals surface area contributed by atoms with E-state index in [2.05, 4.69) is 38.2 Å². The molecule has 0 aromatic heterocycles. The van der Waals surface area contributed by atoms with E-state index in [1.807, 2.05) is 17.0 Å². The number of amides is 1. The number of unbranched alkanes of at least 4 members (excludes halogenated alkanes) is 2. The van der Waals surface area contributed by atoms with Crippen LogP contribution in [0.3, 0.4) is 0 Å². The third-order valence-corrected chi connectivity index (χ3v) is 4.20. The number of hydrogen-bond acceptors (Lipinski definition) is 2. The van der Waals surface area contributed by atoms with E-state index in [-0.39, 0.29) is 12.1 Å². The number of rotatable bonds is 6. The first-order valence-corrected chi connectivity index (χ1v) is 7.75. The molecule has 1 saturated heterocycles. The number of carbonyl (C=O) groups excluding carboxylic acids is 1. The second-order valence-corrected chi connectivity index (χ2v) is 5.79. The number of aryl methyl sites for hydroxylation is 1. The van der Waals surface area contributed by atoms with Gasteiger partial charge in [0, 0.05) is 6.04 Å². The molecule has 2 atom stereocenters. The van der Waals surface area contributed by atoms with Gasteiger partial charge in [-0.25, -0.2) is 0 Å². The van der Waals surface area contributed by atoms with Crippen LogP contribution in [0.25, 0.3) is 0 Å². The van der Waals surface area contributed by atoms with Crippen molar-refractivity contribution in [3.05, 3.63) is 35.4 Å². The van der Waals surface area contributed by atoms with Crippen LogP contribution >= 0.6 is 0 Å². The molecule has 2 rings (SSSR count). The molecule has 1 aromatic carbocycles. The normalized spacial score (nSPS) is 20.4. The fourth-order valence-electron chi connectivity index (χ4n) is 3.00. The largest absolute Gasteiger partial charge is 0.319 e. The summed E-state index contributed by atoms with van der Waals surface area (Å²) >= 11 is 0. The van der Waals surface area contributed by atoms with E-state index in [0.717, 1.165) is 6.42 Å². The molecular weight excluding hydrogens is 248 g/mol. The van der Waals surface area contributed by atoms with E-state index in [1.54, 1.807) is 0 Å². The summed E-state index contributed by atoms with van der Waals surface area (Å²) in [5.41, 5.74) is 2.46. The van der Waals surface area contributed by atoms with Crippen LogP contribution in [0.2, 0.25) is 0 Å². The van der Waals surface area contributed by atoms with E-state index in [4.69, 9.17) is 0 Å². The van der Waals surface area contributed by atoms with Gasteiger partial charge in [0.1, 0.15) is 6.17 Å². The lowest BCUT2D eigenvalue weighted by atomic mass is 10.0. The third kappa shape index (κ3) is 3.21. The lowest BCUT2D eigenvalue weighted by molar-refractivity contribution is -0.130. The van der Waals surface area contributed by atoms with Gasteiger partial charge >= 0.3 is 0 Å². The number of benzene rings is 1. The first-order valence-electron chi connectivity index (χ1n) is 7.75. The van der Waals surface area contributed by atoms with Gasteiger partial charge in [-0.2, -0.15) is 0 Å². The highest BCUT2D eigenvalue weighted by Gasteiger charge is 2.35. The average molecular weight is 274 g/mol. The van der Waals surface area contributed by atoms with E-state index in [0.29, 0.717) is 12.6 Å². The Hall–Kier alpha value is -1.35. The topological polar surface area (TPSA) is 32.3 Å². The summed E-state index contributed by atoms with van der Waals surface area (Å²) in [6, 6.07) is 8.63. The zero-order chi connectivity index (χ0) is 14.5. The minimum atomic E-state index is 0.0420. The van der Waals surface area contributed by atoms with Crippen molar-refractivity contribution < 1.29 is 4.79 Å². The molecule has 3 nitrogen and oxygen atoms in total. The standard InChI is InChI=1S/C17H26N2O/c1-4-5-6-10-14(3)19-16(20)12-18-17(19)15-11-8-7-9-13(15)2/h7-9,11,14,17-18H,4-6,10,12H2,1-3H3. The maximum atomic E-state index is 12.2. The predicted molar refractivity (Wildman–Crippen MR) is 82.4 cm³/mol. The van der Waals surface area contributed by atoms with Crippen molar-refractivity contribution in [3.8, 4) is 0 Å². The highest BCUT2D eigenvalue weighted by Crippen LogP contribution is 2.28. The van der Waals surface area contributed by atoms with Gasteiger partial charge in [-0.1, -0.05) is 50.5 Å². The highest BCUT2D eigenvalue weighted by molar-refractivity contribution is 5.81. The molecule has 0 bridgehead atoms. The first-order chi connectivity index (χ1) is 9.65. The van der Waals surface area contributed by atoms with Crippen molar-refractivity contribution in [3.63, 3.8) is 0 Å². The lowest BCUT2D eigenvalue weighted by Gasteiger charge is -2.31.